The Kier molecular flexibility index (Phi) is 9.69. The second-order valence-corrected chi connectivity index (χ2v) is 9.16. The van der Waals surface area contributed by atoms with Crippen molar-refractivity contribution < 1.29 is 23.2 Å². The zero-order chi connectivity index (χ0) is 26.1. The van der Waals surface area contributed by atoms with Gasteiger partial charge in [-0.25, -0.2) is 8.78 Å². The van der Waals surface area contributed by atoms with Gasteiger partial charge in [-0.2, -0.15) is 0 Å². The summed E-state index contributed by atoms with van der Waals surface area (Å²) in [6, 6.07) is 17.7. The Morgan fingerprint density at radius 3 is 2.14 bits per heavy atom. The quantitative estimate of drug-likeness (QED) is 0.354. The van der Waals surface area contributed by atoms with Crippen LogP contribution in [-0.2, 0) is 33.8 Å². The predicted molar refractivity (Wildman–Crippen MR) is 136 cm³/mol. The number of benzene rings is 3. The molecular weight excluding hydrogens is 532 g/mol. The molecule has 0 unspecified atom stereocenters. The van der Waals surface area contributed by atoms with Crippen LogP contribution in [0.3, 0.4) is 0 Å². The van der Waals surface area contributed by atoms with E-state index in [0.29, 0.717) is 6.07 Å². The van der Waals surface area contributed by atoms with E-state index >= 15 is 0 Å². The maximum absolute atomic E-state index is 13.4. The molecule has 6 nitrogen and oxygen atoms in total. The number of carbonyl (C=O) groups excluding carboxylic acids is 3. The molecule has 0 aliphatic heterocycles. The first-order valence-corrected chi connectivity index (χ1v) is 12.1. The van der Waals surface area contributed by atoms with Crippen LogP contribution in [0.1, 0.15) is 23.6 Å². The topological polar surface area (TPSA) is 87.3 Å². The Hall–Kier alpha value is -3.59. The van der Waals surface area contributed by atoms with Gasteiger partial charge in [0.1, 0.15) is 23.7 Å². The van der Waals surface area contributed by atoms with E-state index in [2.05, 4.69) is 31.9 Å². The molecule has 0 aromatic heterocycles. The molecule has 3 amide bonds. The van der Waals surface area contributed by atoms with Gasteiger partial charge in [0, 0.05) is 23.5 Å². The van der Waals surface area contributed by atoms with Crippen LogP contribution in [-0.4, -0.2) is 29.8 Å². The number of rotatable bonds is 10. The molecule has 2 atom stereocenters. The fourth-order valence-corrected chi connectivity index (χ4v) is 3.98. The first-order valence-electron chi connectivity index (χ1n) is 11.3. The predicted octanol–water partition coefficient (Wildman–Crippen LogP) is 3.82. The van der Waals surface area contributed by atoms with E-state index < -0.39 is 35.5 Å². The molecule has 0 bridgehead atoms. The van der Waals surface area contributed by atoms with Gasteiger partial charge in [0.25, 0.3) is 0 Å². The molecule has 0 saturated heterocycles. The Labute approximate surface area is 216 Å². The third-order valence-electron chi connectivity index (χ3n) is 5.38. The molecule has 3 aromatic carbocycles. The van der Waals surface area contributed by atoms with Crippen LogP contribution in [0.25, 0.3) is 0 Å². The Bertz CT molecular complexity index is 1200. The molecule has 3 aromatic rings. The molecule has 36 heavy (non-hydrogen) atoms. The van der Waals surface area contributed by atoms with Gasteiger partial charge in [0.2, 0.25) is 17.7 Å². The lowest BCUT2D eigenvalue weighted by Crippen LogP contribution is -2.53. The van der Waals surface area contributed by atoms with Gasteiger partial charge in [-0.3, -0.25) is 14.4 Å². The van der Waals surface area contributed by atoms with Crippen LogP contribution >= 0.6 is 15.9 Å². The van der Waals surface area contributed by atoms with Crippen LogP contribution in [0.5, 0.6) is 0 Å². The average Bonchev–Trinajstić information content (AvgIpc) is 2.82. The highest BCUT2D eigenvalue weighted by Crippen LogP contribution is 2.15. The minimum absolute atomic E-state index is 0.144. The molecule has 3 rings (SSSR count). The summed E-state index contributed by atoms with van der Waals surface area (Å²) in [6.07, 6.45) is -0.0518. The number of amides is 3. The molecule has 0 spiro atoms. The van der Waals surface area contributed by atoms with Crippen LogP contribution < -0.4 is 16.0 Å². The fourth-order valence-electron chi connectivity index (χ4n) is 3.56. The van der Waals surface area contributed by atoms with Crippen molar-refractivity contribution in [2.75, 3.05) is 0 Å². The van der Waals surface area contributed by atoms with E-state index in [-0.39, 0.29) is 30.9 Å². The van der Waals surface area contributed by atoms with Crippen molar-refractivity contribution in [3.8, 4) is 0 Å². The lowest BCUT2D eigenvalue weighted by atomic mass is 10.0. The summed E-state index contributed by atoms with van der Waals surface area (Å²) in [6.45, 7) is 1.73. The lowest BCUT2D eigenvalue weighted by molar-refractivity contribution is -0.131. The normalized spacial score (nSPS) is 12.3. The van der Waals surface area contributed by atoms with Crippen molar-refractivity contribution >= 4 is 33.7 Å². The standard InChI is InChI=1S/C27H26BrF2N3O3/c1-17(32-25(34)14-19-11-21(29)15-22(30)12-19)26(35)33-24(13-18-7-3-2-4-8-18)27(36)31-16-20-9-5-6-10-23(20)28/h2-12,15,17,24H,13-14,16H2,1H3,(H,31,36)(H,32,34)(H,33,35)/t17-,24-/m0/s1. The number of carbonyl (C=O) groups is 3. The first-order chi connectivity index (χ1) is 17.2. The van der Waals surface area contributed by atoms with E-state index in [1.54, 1.807) is 0 Å². The van der Waals surface area contributed by atoms with Crippen molar-refractivity contribution in [3.63, 3.8) is 0 Å². The summed E-state index contributed by atoms with van der Waals surface area (Å²) in [4.78, 5) is 38.2. The smallest absolute Gasteiger partial charge is 0.243 e. The van der Waals surface area contributed by atoms with Crippen molar-refractivity contribution in [2.45, 2.75) is 38.4 Å². The Morgan fingerprint density at radius 2 is 1.47 bits per heavy atom. The fraction of sp³-hybridized carbons (Fsp3) is 0.222. The van der Waals surface area contributed by atoms with E-state index in [9.17, 15) is 23.2 Å². The number of halogens is 3. The molecule has 0 saturated carbocycles. The Balaban J connectivity index is 1.63. The number of hydrogen-bond donors (Lipinski definition) is 3. The lowest BCUT2D eigenvalue weighted by Gasteiger charge is -2.22. The van der Waals surface area contributed by atoms with Gasteiger partial charge >= 0.3 is 0 Å². The highest BCUT2D eigenvalue weighted by Gasteiger charge is 2.25. The summed E-state index contributed by atoms with van der Waals surface area (Å²) in [7, 11) is 0. The molecule has 188 valence electrons. The van der Waals surface area contributed by atoms with Crippen LogP contribution in [0.4, 0.5) is 8.78 Å². The first kappa shape index (κ1) is 27.0. The molecule has 0 radical (unpaired) electrons. The van der Waals surface area contributed by atoms with E-state index in [0.717, 1.165) is 27.7 Å². The zero-order valence-electron chi connectivity index (χ0n) is 19.6. The molecule has 0 heterocycles. The van der Waals surface area contributed by atoms with Gasteiger partial charge in [-0.15, -0.1) is 0 Å². The van der Waals surface area contributed by atoms with Crippen LogP contribution in [0.2, 0.25) is 0 Å². The molecule has 3 N–H and O–H groups in total. The SMILES string of the molecule is C[C@H](NC(=O)Cc1cc(F)cc(F)c1)C(=O)N[C@@H](Cc1ccccc1)C(=O)NCc1ccccc1Br. The highest BCUT2D eigenvalue weighted by molar-refractivity contribution is 9.10. The zero-order valence-corrected chi connectivity index (χ0v) is 21.1. The van der Waals surface area contributed by atoms with Crippen molar-refractivity contribution in [1.82, 2.24) is 16.0 Å². The average molecular weight is 558 g/mol. The maximum Gasteiger partial charge on any atom is 0.243 e. The highest BCUT2D eigenvalue weighted by atomic mass is 79.9. The summed E-state index contributed by atoms with van der Waals surface area (Å²) in [5, 5.41) is 8.06. The summed E-state index contributed by atoms with van der Waals surface area (Å²) < 4.78 is 27.6. The second kappa shape index (κ2) is 12.9. The van der Waals surface area contributed by atoms with Crippen molar-refractivity contribution in [1.29, 1.82) is 0 Å². The molecule has 0 aliphatic carbocycles. The summed E-state index contributed by atoms with van der Waals surface area (Å²) in [5.74, 6) is -3.11. The molecular formula is C27H26BrF2N3O3. The molecule has 9 heteroatoms. The second-order valence-electron chi connectivity index (χ2n) is 8.30. The molecule has 0 fully saturated rings. The minimum atomic E-state index is -0.981. The maximum atomic E-state index is 13.4. The Morgan fingerprint density at radius 1 is 0.833 bits per heavy atom. The summed E-state index contributed by atoms with van der Waals surface area (Å²) >= 11 is 3.45. The van der Waals surface area contributed by atoms with Crippen molar-refractivity contribution in [2.24, 2.45) is 0 Å². The van der Waals surface area contributed by atoms with Crippen LogP contribution in [0.15, 0.2) is 77.3 Å². The van der Waals surface area contributed by atoms with Gasteiger partial charge < -0.3 is 16.0 Å². The third-order valence-corrected chi connectivity index (χ3v) is 6.16. The van der Waals surface area contributed by atoms with E-state index in [1.165, 1.54) is 6.92 Å². The molecule has 0 aliphatic rings. The van der Waals surface area contributed by atoms with Gasteiger partial charge in [0.15, 0.2) is 0 Å². The van der Waals surface area contributed by atoms with Gasteiger partial charge in [-0.05, 0) is 41.8 Å². The number of nitrogens with one attached hydrogen (secondary N) is 3. The minimum Gasteiger partial charge on any atom is -0.350 e. The van der Waals surface area contributed by atoms with Gasteiger partial charge in [-0.1, -0.05) is 64.5 Å². The van der Waals surface area contributed by atoms with Gasteiger partial charge in [0.05, 0.1) is 6.42 Å². The van der Waals surface area contributed by atoms with E-state index in [4.69, 9.17) is 0 Å². The largest absolute Gasteiger partial charge is 0.350 e. The monoisotopic (exact) mass is 557 g/mol. The van der Waals surface area contributed by atoms with Crippen molar-refractivity contribution in [3.05, 3.63) is 106 Å². The number of hydrogen-bond acceptors (Lipinski definition) is 3. The van der Waals surface area contributed by atoms with Crippen LogP contribution in [0, 0.1) is 11.6 Å². The van der Waals surface area contributed by atoms with E-state index in [1.807, 2.05) is 54.6 Å². The summed E-state index contributed by atoms with van der Waals surface area (Å²) in [5.41, 5.74) is 1.87. The third kappa shape index (κ3) is 8.27.